The Balaban J connectivity index is 2.10. The summed E-state index contributed by atoms with van der Waals surface area (Å²) in [6, 6.07) is 8.16. The molecule has 1 N–H and O–H groups in total. The van der Waals surface area contributed by atoms with Crippen molar-refractivity contribution in [1.82, 2.24) is 5.32 Å². The SMILES string of the molecule is Cc1ccccc1CCC(=O)NCCCOCCCl. The third kappa shape index (κ3) is 7.19. The fourth-order valence-corrected chi connectivity index (χ4v) is 1.89. The van der Waals surface area contributed by atoms with Gasteiger partial charge >= 0.3 is 0 Å². The fourth-order valence-electron chi connectivity index (χ4n) is 1.79. The highest BCUT2D eigenvalue weighted by atomic mass is 35.5. The smallest absolute Gasteiger partial charge is 0.220 e. The van der Waals surface area contributed by atoms with Crippen LogP contribution in [-0.2, 0) is 16.0 Å². The van der Waals surface area contributed by atoms with E-state index in [0.29, 0.717) is 32.1 Å². The van der Waals surface area contributed by atoms with Crippen molar-refractivity contribution in [3.8, 4) is 0 Å². The lowest BCUT2D eigenvalue weighted by molar-refractivity contribution is -0.121. The first-order chi connectivity index (χ1) is 9.24. The summed E-state index contributed by atoms with van der Waals surface area (Å²) in [7, 11) is 0. The van der Waals surface area contributed by atoms with Crippen molar-refractivity contribution in [3.63, 3.8) is 0 Å². The van der Waals surface area contributed by atoms with Gasteiger partial charge in [0.1, 0.15) is 0 Å². The molecule has 0 aromatic heterocycles. The molecule has 0 fully saturated rings. The van der Waals surface area contributed by atoms with E-state index in [4.69, 9.17) is 16.3 Å². The Labute approximate surface area is 120 Å². The Hall–Kier alpha value is -1.06. The molecular weight excluding hydrogens is 262 g/mol. The Morgan fingerprint density at radius 2 is 2.11 bits per heavy atom. The highest BCUT2D eigenvalue weighted by Gasteiger charge is 2.03. The molecule has 0 unspecified atom stereocenters. The lowest BCUT2D eigenvalue weighted by atomic mass is 10.0. The Bertz CT molecular complexity index is 382. The molecule has 106 valence electrons. The minimum absolute atomic E-state index is 0.0978. The van der Waals surface area contributed by atoms with Crippen LogP contribution < -0.4 is 5.32 Å². The molecule has 19 heavy (non-hydrogen) atoms. The van der Waals surface area contributed by atoms with Gasteiger partial charge in [-0.1, -0.05) is 24.3 Å². The second-order valence-corrected chi connectivity index (χ2v) is 4.81. The van der Waals surface area contributed by atoms with Crippen molar-refractivity contribution in [3.05, 3.63) is 35.4 Å². The van der Waals surface area contributed by atoms with Gasteiger partial charge in [-0.15, -0.1) is 11.6 Å². The lowest BCUT2D eigenvalue weighted by Gasteiger charge is -2.07. The summed E-state index contributed by atoms with van der Waals surface area (Å²) in [5, 5.41) is 2.90. The normalized spacial score (nSPS) is 10.4. The van der Waals surface area contributed by atoms with Gasteiger partial charge in [-0.3, -0.25) is 4.79 Å². The minimum atomic E-state index is 0.0978. The monoisotopic (exact) mass is 283 g/mol. The number of hydrogen-bond donors (Lipinski definition) is 1. The van der Waals surface area contributed by atoms with Crippen LogP contribution in [0.15, 0.2) is 24.3 Å². The van der Waals surface area contributed by atoms with E-state index in [2.05, 4.69) is 24.4 Å². The van der Waals surface area contributed by atoms with Crippen molar-refractivity contribution in [2.75, 3.05) is 25.6 Å². The number of ether oxygens (including phenoxy) is 1. The molecule has 0 spiro atoms. The largest absolute Gasteiger partial charge is 0.380 e. The van der Waals surface area contributed by atoms with Gasteiger partial charge in [-0.05, 0) is 30.9 Å². The van der Waals surface area contributed by atoms with E-state index >= 15 is 0 Å². The van der Waals surface area contributed by atoms with Crippen LogP contribution in [0.3, 0.4) is 0 Å². The summed E-state index contributed by atoms with van der Waals surface area (Å²) < 4.78 is 5.23. The zero-order chi connectivity index (χ0) is 13.9. The number of aryl methyl sites for hydroxylation is 2. The molecule has 0 radical (unpaired) electrons. The summed E-state index contributed by atoms with van der Waals surface area (Å²) in [4.78, 5) is 11.6. The molecular formula is C15H22ClNO2. The molecule has 0 saturated heterocycles. The van der Waals surface area contributed by atoms with Gasteiger partial charge in [0.25, 0.3) is 0 Å². The van der Waals surface area contributed by atoms with E-state index < -0.39 is 0 Å². The Morgan fingerprint density at radius 1 is 1.32 bits per heavy atom. The fraction of sp³-hybridized carbons (Fsp3) is 0.533. The third-order valence-corrected chi connectivity index (χ3v) is 3.05. The average Bonchev–Trinajstić information content (AvgIpc) is 2.42. The second kappa shape index (κ2) is 9.82. The van der Waals surface area contributed by atoms with E-state index in [1.54, 1.807) is 0 Å². The van der Waals surface area contributed by atoms with E-state index in [0.717, 1.165) is 12.8 Å². The van der Waals surface area contributed by atoms with E-state index in [-0.39, 0.29) is 5.91 Å². The van der Waals surface area contributed by atoms with Gasteiger partial charge in [0.2, 0.25) is 5.91 Å². The molecule has 0 aliphatic carbocycles. The van der Waals surface area contributed by atoms with Crippen LogP contribution in [0.2, 0.25) is 0 Å². The number of carbonyl (C=O) groups is 1. The maximum Gasteiger partial charge on any atom is 0.220 e. The maximum atomic E-state index is 11.6. The number of amides is 1. The Morgan fingerprint density at radius 3 is 2.84 bits per heavy atom. The molecule has 1 rings (SSSR count). The summed E-state index contributed by atoms with van der Waals surface area (Å²) in [6.07, 6.45) is 2.15. The van der Waals surface area contributed by atoms with Crippen molar-refractivity contribution >= 4 is 17.5 Å². The van der Waals surface area contributed by atoms with Gasteiger partial charge in [0, 0.05) is 25.5 Å². The van der Waals surface area contributed by atoms with E-state index in [1.165, 1.54) is 11.1 Å². The van der Waals surface area contributed by atoms with Gasteiger partial charge in [-0.25, -0.2) is 0 Å². The lowest BCUT2D eigenvalue weighted by Crippen LogP contribution is -2.25. The zero-order valence-corrected chi connectivity index (χ0v) is 12.2. The highest BCUT2D eigenvalue weighted by Crippen LogP contribution is 2.09. The van der Waals surface area contributed by atoms with Gasteiger partial charge < -0.3 is 10.1 Å². The van der Waals surface area contributed by atoms with Crippen molar-refractivity contribution in [2.24, 2.45) is 0 Å². The summed E-state index contributed by atoms with van der Waals surface area (Å²) >= 11 is 5.48. The first kappa shape index (κ1) is 16.0. The molecule has 0 bridgehead atoms. The molecule has 3 nitrogen and oxygen atoms in total. The average molecular weight is 284 g/mol. The van der Waals surface area contributed by atoms with Gasteiger partial charge in [0.15, 0.2) is 0 Å². The summed E-state index contributed by atoms with van der Waals surface area (Å²) in [5.74, 6) is 0.614. The molecule has 0 atom stereocenters. The van der Waals surface area contributed by atoms with Crippen LogP contribution in [0.1, 0.15) is 24.0 Å². The van der Waals surface area contributed by atoms with Crippen LogP contribution in [0.5, 0.6) is 0 Å². The predicted octanol–water partition coefficient (Wildman–Crippen LogP) is 2.69. The molecule has 1 aromatic carbocycles. The highest BCUT2D eigenvalue weighted by molar-refractivity contribution is 6.17. The first-order valence-corrected chi connectivity index (χ1v) is 7.22. The van der Waals surface area contributed by atoms with Crippen molar-refractivity contribution in [1.29, 1.82) is 0 Å². The van der Waals surface area contributed by atoms with Gasteiger partial charge in [0.05, 0.1) is 6.61 Å². The number of alkyl halides is 1. The molecule has 0 aliphatic rings. The quantitative estimate of drug-likeness (QED) is 0.559. The molecule has 1 amide bonds. The molecule has 4 heteroatoms. The van der Waals surface area contributed by atoms with Gasteiger partial charge in [-0.2, -0.15) is 0 Å². The van der Waals surface area contributed by atoms with Crippen LogP contribution in [0, 0.1) is 6.92 Å². The van der Waals surface area contributed by atoms with Crippen molar-refractivity contribution < 1.29 is 9.53 Å². The zero-order valence-electron chi connectivity index (χ0n) is 11.5. The van der Waals surface area contributed by atoms with Crippen LogP contribution in [0.4, 0.5) is 0 Å². The number of rotatable bonds is 9. The summed E-state index contributed by atoms with van der Waals surface area (Å²) in [6.45, 7) is 3.95. The topological polar surface area (TPSA) is 38.3 Å². The number of nitrogens with one attached hydrogen (secondary N) is 1. The maximum absolute atomic E-state index is 11.6. The number of halogens is 1. The van der Waals surface area contributed by atoms with Crippen LogP contribution in [0.25, 0.3) is 0 Å². The summed E-state index contributed by atoms with van der Waals surface area (Å²) in [5.41, 5.74) is 2.48. The van der Waals surface area contributed by atoms with Crippen LogP contribution in [-0.4, -0.2) is 31.5 Å². The first-order valence-electron chi connectivity index (χ1n) is 6.69. The minimum Gasteiger partial charge on any atom is -0.380 e. The second-order valence-electron chi connectivity index (χ2n) is 4.43. The molecule has 0 saturated carbocycles. The van der Waals surface area contributed by atoms with E-state index in [1.807, 2.05) is 12.1 Å². The number of carbonyl (C=O) groups excluding carboxylic acids is 1. The predicted molar refractivity (Wildman–Crippen MR) is 78.7 cm³/mol. The standard InChI is InChI=1S/C15H22ClNO2/c1-13-5-2-3-6-14(13)7-8-15(18)17-10-4-11-19-12-9-16/h2-3,5-6H,4,7-12H2,1H3,(H,17,18). The van der Waals surface area contributed by atoms with E-state index in [9.17, 15) is 4.79 Å². The Kier molecular flexibility index (Phi) is 8.26. The third-order valence-electron chi connectivity index (χ3n) is 2.89. The molecule has 1 aromatic rings. The number of benzene rings is 1. The number of hydrogen-bond acceptors (Lipinski definition) is 2. The van der Waals surface area contributed by atoms with Crippen molar-refractivity contribution in [2.45, 2.75) is 26.2 Å². The van der Waals surface area contributed by atoms with Crippen LogP contribution >= 0.6 is 11.6 Å². The molecule has 0 heterocycles. The molecule has 0 aliphatic heterocycles.